The van der Waals surface area contributed by atoms with Gasteiger partial charge in [-0.3, -0.25) is 0 Å². The Bertz CT molecular complexity index is 450. The van der Waals surface area contributed by atoms with E-state index in [9.17, 15) is 5.11 Å². The minimum atomic E-state index is -0.939. The number of nitrogens with one attached hydrogen (secondary N) is 2. The third kappa shape index (κ3) is 8.63. The fraction of sp³-hybridized carbons (Fsp3) is 0.706. The van der Waals surface area contributed by atoms with Gasteiger partial charge in [0, 0.05) is 31.7 Å². The van der Waals surface area contributed by atoms with Crippen molar-refractivity contribution in [1.29, 1.82) is 0 Å². The van der Waals surface area contributed by atoms with Crippen LogP contribution in [-0.2, 0) is 15.1 Å². The Morgan fingerprint density at radius 1 is 1.29 bits per heavy atom. The molecule has 0 radical (unpaired) electrons. The average Bonchev–Trinajstić information content (AvgIpc) is 3.10. The topological polar surface area (TPSA) is 75.1 Å². The van der Waals surface area contributed by atoms with E-state index in [4.69, 9.17) is 9.47 Å². The van der Waals surface area contributed by atoms with Crippen LogP contribution in [0.15, 0.2) is 22.5 Å². The summed E-state index contributed by atoms with van der Waals surface area (Å²) in [6, 6.07) is 3.88. The first-order valence-electron chi connectivity index (χ1n) is 8.45. The molecule has 6 nitrogen and oxygen atoms in total. The standard InChI is InChI=1S/C17H31N3O3S/c1-4-18-16(19-9-5-6-10-23-12-11-22-3)20-14-17(2,21)15-8-7-13-24-15/h7-8,13,21H,4-6,9-12,14H2,1-3H3,(H2,18,19,20). The molecule has 1 heterocycles. The summed E-state index contributed by atoms with van der Waals surface area (Å²) in [6.07, 6.45) is 1.99. The second-order valence-electron chi connectivity index (χ2n) is 5.69. The van der Waals surface area contributed by atoms with Gasteiger partial charge in [-0.05, 0) is 38.1 Å². The molecule has 0 spiro atoms. The normalized spacial score (nSPS) is 14.4. The molecule has 0 aliphatic heterocycles. The zero-order valence-corrected chi connectivity index (χ0v) is 15.8. The van der Waals surface area contributed by atoms with Crippen molar-refractivity contribution in [2.45, 2.75) is 32.3 Å². The number of aliphatic imine (C=N–C) groups is 1. The van der Waals surface area contributed by atoms with E-state index in [1.165, 1.54) is 0 Å². The predicted molar refractivity (Wildman–Crippen MR) is 99.8 cm³/mol. The quantitative estimate of drug-likeness (QED) is 0.303. The molecule has 0 amide bonds. The molecular weight excluding hydrogens is 326 g/mol. The Kier molecular flexibility index (Phi) is 10.7. The van der Waals surface area contributed by atoms with Crippen LogP contribution in [0.2, 0.25) is 0 Å². The highest BCUT2D eigenvalue weighted by Gasteiger charge is 2.23. The molecule has 138 valence electrons. The van der Waals surface area contributed by atoms with Gasteiger partial charge in [-0.25, -0.2) is 4.99 Å². The largest absolute Gasteiger partial charge is 0.383 e. The van der Waals surface area contributed by atoms with Gasteiger partial charge in [-0.15, -0.1) is 11.3 Å². The number of nitrogens with zero attached hydrogens (tertiary/aromatic N) is 1. The summed E-state index contributed by atoms with van der Waals surface area (Å²) in [5.74, 6) is 0.731. The highest BCUT2D eigenvalue weighted by atomic mass is 32.1. The molecule has 0 saturated heterocycles. The maximum Gasteiger partial charge on any atom is 0.191 e. The summed E-state index contributed by atoms with van der Waals surface area (Å²) in [5.41, 5.74) is -0.939. The van der Waals surface area contributed by atoms with E-state index >= 15 is 0 Å². The average molecular weight is 358 g/mol. The first kappa shape index (κ1) is 20.9. The molecule has 1 unspecified atom stereocenters. The zero-order valence-electron chi connectivity index (χ0n) is 15.0. The lowest BCUT2D eigenvalue weighted by molar-refractivity contribution is 0.0689. The minimum Gasteiger partial charge on any atom is -0.383 e. The lowest BCUT2D eigenvalue weighted by Gasteiger charge is -2.20. The van der Waals surface area contributed by atoms with Gasteiger partial charge in [0.2, 0.25) is 0 Å². The van der Waals surface area contributed by atoms with Gasteiger partial charge in [0.15, 0.2) is 5.96 Å². The Morgan fingerprint density at radius 2 is 2.12 bits per heavy atom. The van der Waals surface area contributed by atoms with E-state index in [2.05, 4.69) is 15.6 Å². The fourth-order valence-corrected chi connectivity index (χ4v) is 2.80. The number of guanidine groups is 1. The molecule has 0 aliphatic carbocycles. The van der Waals surface area contributed by atoms with Crippen LogP contribution < -0.4 is 10.6 Å². The number of hydrogen-bond acceptors (Lipinski definition) is 5. The summed E-state index contributed by atoms with van der Waals surface area (Å²) in [5, 5.41) is 19.0. The smallest absolute Gasteiger partial charge is 0.191 e. The first-order chi connectivity index (χ1) is 11.6. The van der Waals surface area contributed by atoms with Crippen molar-refractivity contribution in [3.05, 3.63) is 22.4 Å². The van der Waals surface area contributed by atoms with E-state index in [-0.39, 0.29) is 0 Å². The molecule has 1 atom stereocenters. The molecule has 0 aliphatic rings. The molecular formula is C17H31N3O3S. The van der Waals surface area contributed by atoms with E-state index in [0.29, 0.717) is 19.8 Å². The molecule has 0 saturated carbocycles. The second-order valence-corrected chi connectivity index (χ2v) is 6.63. The third-order valence-corrected chi connectivity index (χ3v) is 4.50. The van der Waals surface area contributed by atoms with Crippen LogP contribution >= 0.6 is 11.3 Å². The Morgan fingerprint density at radius 3 is 2.79 bits per heavy atom. The van der Waals surface area contributed by atoms with Gasteiger partial charge in [0.25, 0.3) is 0 Å². The van der Waals surface area contributed by atoms with Gasteiger partial charge in [-0.1, -0.05) is 6.07 Å². The number of unbranched alkanes of at least 4 members (excludes halogenated alkanes) is 1. The number of aliphatic hydroxyl groups is 1. The third-order valence-electron chi connectivity index (χ3n) is 3.38. The van der Waals surface area contributed by atoms with E-state index in [1.54, 1.807) is 25.4 Å². The highest BCUT2D eigenvalue weighted by molar-refractivity contribution is 7.10. The van der Waals surface area contributed by atoms with Gasteiger partial charge >= 0.3 is 0 Å². The van der Waals surface area contributed by atoms with Crippen molar-refractivity contribution in [3.63, 3.8) is 0 Å². The van der Waals surface area contributed by atoms with E-state index < -0.39 is 5.60 Å². The molecule has 7 heteroatoms. The molecule has 1 rings (SSSR count). The van der Waals surface area contributed by atoms with Crippen molar-refractivity contribution in [3.8, 4) is 0 Å². The van der Waals surface area contributed by atoms with E-state index in [0.717, 1.165) is 43.4 Å². The molecule has 3 N–H and O–H groups in total. The van der Waals surface area contributed by atoms with Crippen molar-refractivity contribution in [2.75, 3.05) is 46.6 Å². The number of ether oxygens (including phenoxy) is 2. The number of thiophene rings is 1. The molecule has 24 heavy (non-hydrogen) atoms. The maximum atomic E-state index is 10.5. The lowest BCUT2D eigenvalue weighted by atomic mass is 10.1. The van der Waals surface area contributed by atoms with E-state index in [1.807, 2.05) is 24.4 Å². The second kappa shape index (κ2) is 12.2. The van der Waals surface area contributed by atoms with Crippen molar-refractivity contribution in [2.24, 2.45) is 4.99 Å². The molecule has 1 aromatic rings. The summed E-state index contributed by atoms with van der Waals surface area (Å²) >= 11 is 1.54. The molecule has 1 aromatic heterocycles. The molecule has 0 aromatic carbocycles. The van der Waals surface area contributed by atoms with Gasteiger partial charge in [0.1, 0.15) is 5.60 Å². The van der Waals surface area contributed by atoms with Crippen molar-refractivity contribution in [1.82, 2.24) is 10.6 Å². The first-order valence-corrected chi connectivity index (χ1v) is 9.33. The Balaban J connectivity index is 2.30. The van der Waals surface area contributed by atoms with Crippen LogP contribution in [0.25, 0.3) is 0 Å². The molecule has 0 fully saturated rings. The highest BCUT2D eigenvalue weighted by Crippen LogP contribution is 2.25. The summed E-state index contributed by atoms with van der Waals surface area (Å²) in [4.78, 5) is 5.43. The minimum absolute atomic E-state index is 0.322. The summed E-state index contributed by atoms with van der Waals surface area (Å²) in [6.45, 7) is 7.77. The Hall–Kier alpha value is -1.15. The van der Waals surface area contributed by atoms with Crippen LogP contribution in [0.1, 0.15) is 31.6 Å². The van der Waals surface area contributed by atoms with Crippen LogP contribution in [0.3, 0.4) is 0 Å². The van der Waals surface area contributed by atoms with Crippen molar-refractivity contribution < 1.29 is 14.6 Å². The fourth-order valence-electron chi connectivity index (χ4n) is 2.02. The predicted octanol–water partition coefficient (Wildman–Crippen LogP) is 1.95. The maximum absolute atomic E-state index is 10.5. The lowest BCUT2D eigenvalue weighted by Crippen LogP contribution is -2.39. The van der Waals surface area contributed by atoms with Crippen LogP contribution in [-0.4, -0.2) is 57.6 Å². The van der Waals surface area contributed by atoms with Gasteiger partial charge < -0.3 is 25.2 Å². The van der Waals surface area contributed by atoms with Crippen LogP contribution in [0, 0.1) is 0 Å². The Labute approximate surface area is 149 Å². The number of methoxy groups -OCH3 is 1. The summed E-state index contributed by atoms with van der Waals surface area (Å²) < 4.78 is 10.4. The van der Waals surface area contributed by atoms with Crippen LogP contribution in [0.5, 0.6) is 0 Å². The zero-order chi connectivity index (χ0) is 17.7. The summed E-state index contributed by atoms with van der Waals surface area (Å²) in [7, 11) is 1.67. The van der Waals surface area contributed by atoms with Crippen LogP contribution in [0.4, 0.5) is 0 Å². The monoisotopic (exact) mass is 357 g/mol. The number of hydrogen-bond donors (Lipinski definition) is 3. The van der Waals surface area contributed by atoms with Gasteiger partial charge in [0.05, 0.1) is 19.8 Å². The van der Waals surface area contributed by atoms with Crippen molar-refractivity contribution >= 4 is 17.3 Å². The van der Waals surface area contributed by atoms with Gasteiger partial charge in [-0.2, -0.15) is 0 Å². The molecule has 0 bridgehead atoms. The number of rotatable bonds is 12. The SMILES string of the molecule is CCNC(=NCC(C)(O)c1cccs1)NCCCCOCCOC.